The van der Waals surface area contributed by atoms with Crippen molar-refractivity contribution in [3.63, 3.8) is 0 Å². The Morgan fingerprint density at radius 3 is 2.48 bits per heavy atom. The first-order chi connectivity index (χ1) is 16.0. The van der Waals surface area contributed by atoms with Crippen molar-refractivity contribution in [2.24, 2.45) is 5.92 Å². The van der Waals surface area contributed by atoms with Crippen molar-refractivity contribution >= 4 is 17.9 Å². The van der Waals surface area contributed by atoms with Gasteiger partial charge in [0.1, 0.15) is 12.4 Å². The molecule has 1 amide bonds. The zero-order valence-electron chi connectivity index (χ0n) is 20.2. The van der Waals surface area contributed by atoms with E-state index in [9.17, 15) is 4.79 Å². The molecule has 2 aliphatic rings. The minimum atomic E-state index is -0.362. The van der Waals surface area contributed by atoms with Crippen molar-refractivity contribution in [2.45, 2.75) is 52.8 Å². The van der Waals surface area contributed by atoms with Crippen LogP contribution in [0.1, 0.15) is 62.9 Å². The van der Waals surface area contributed by atoms with E-state index < -0.39 is 0 Å². The van der Waals surface area contributed by atoms with E-state index >= 15 is 0 Å². The van der Waals surface area contributed by atoms with E-state index in [1.165, 1.54) is 16.0 Å². The van der Waals surface area contributed by atoms with Crippen LogP contribution in [-0.2, 0) is 11.3 Å². The molecule has 0 saturated carbocycles. The topological polar surface area (TPSA) is 82.6 Å². The zero-order valence-corrected chi connectivity index (χ0v) is 20.2. The molecule has 178 valence electrons. The van der Waals surface area contributed by atoms with Crippen molar-refractivity contribution in [3.05, 3.63) is 47.2 Å². The maximum absolute atomic E-state index is 12.0. The van der Waals surface area contributed by atoms with Crippen molar-refractivity contribution in [2.75, 3.05) is 42.9 Å². The molecule has 2 atom stereocenters. The SMILES string of the molecule is CCN1C(=O)OCc2cnc(N[C@@H](C)c3ccc(C(CC(C)C)N4CCNCC4)cc3)nc21. The molecule has 4 rings (SSSR count). The molecule has 2 aliphatic heterocycles. The smallest absolute Gasteiger partial charge is 0.415 e. The van der Waals surface area contributed by atoms with Crippen molar-refractivity contribution < 1.29 is 9.53 Å². The Morgan fingerprint density at radius 2 is 1.82 bits per heavy atom. The Labute approximate surface area is 196 Å². The Morgan fingerprint density at radius 1 is 1.12 bits per heavy atom. The first-order valence-electron chi connectivity index (χ1n) is 12.1. The second-order valence-corrected chi connectivity index (χ2v) is 9.31. The third-order valence-electron chi connectivity index (χ3n) is 6.44. The van der Waals surface area contributed by atoms with Gasteiger partial charge in [0.2, 0.25) is 5.95 Å². The molecule has 33 heavy (non-hydrogen) atoms. The van der Waals surface area contributed by atoms with E-state index in [0.29, 0.717) is 30.3 Å². The molecule has 1 aromatic carbocycles. The fourth-order valence-corrected chi connectivity index (χ4v) is 4.61. The van der Waals surface area contributed by atoms with Crippen LogP contribution in [-0.4, -0.2) is 53.7 Å². The molecule has 1 saturated heterocycles. The van der Waals surface area contributed by atoms with Crippen LogP contribution in [0.25, 0.3) is 0 Å². The van der Waals surface area contributed by atoms with Crippen LogP contribution in [0.2, 0.25) is 0 Å². The summed E-state index contributed by atoms with van der Waals surface area (Å²) in [6.07, 6.45) is 2.53. The molecule has 0 radical (unpaired) electrons. The number of rotatable bonds is 8. The highest BCUT2D eigenvalue weighted by Crippen LogP contribution is 2.30. The van der Waals surface area contributed by atoms with E-state index in [1.54, 1.807) is 6.20 Å². The van der Waals surface area contributed by atoms with E-state index in [1.807, 2.05) is 6.92 Å². The number of carbonyl (C=O) groups is 1. The number of nitrogens with one attached hydrogen (secondary N) is 2. The molecule has 0 spiro atoms. The molecular weight excluding hydrogens is 416 g/mol. The van der Waals surface area contributed by atoms with Gasteiger partial charge in [-0.05, 0) is 37.3 Å². The van der Waals surface area contributed by atoms with Gasteiger partial charge >= 0.3 is 6.09 Å². The average Bonchev–Trinajstić information content (AvgIpc) is 2.83. The summed E-state index contributed by atoms with van der Waals surface area (Å²) in [6, 6.07) is 9.43. The Balaban J connectivity index is 1.47. The second kappa shape index (κ2) is 10.5. The number of fused-ring (bicyclic) bond motifs is 1. The average molecular weight is 453 g/mol. The quantitative estimate of drug-likeness (QED) is 0.623. The highest BCUT2D eigenvalue weighted by atomic mass is 16.6. The molecule has 1 unspecified atom stereocenters. The summed E-state index contributed by atoms with van der Waals surface area (Å²) < 4.78 is 5.18. The standard InChI is InChI=1S/C25H36N6O2/c1-5-31-23-21(16-33-25(31)32)15-27-24(29-23)28-18(4)19-6-8-20(9-7-19)22(14-17(2)3)30-12-10-26-11-13-30/h6-9,15,17-18,22,26H,5,10-14,16H2,1-4H3,(H,27,28,29)/t18-,22?/m0/s1. The van der Waals surface area contributed by atoms with Gasteiger partial charge in [0.05, 0.1) is 11.6 Å². The highest BCUT2D eigenvalue weighted by Gasteiger charge is 2.27. The summed E-state index contributed by atoms with van der Waals surface area (Å²) >= 11 is 0. The van der Waals surface area contributed by atoms with E-state index in [2.05, 4.69) is 70.5 Å². The lowest BCUT2D eigenvalue weighted by atomic mass is 9.93. The van der Waals surface area contributed by atoms with Gasteiger partial charge in [0.25, 0.3) is 0 Å². The van der Waals surface area contributed by atoms with Crippen molar-refractivity contribution in [3.8, 4) is 0 Å². The lowest BCUT2D eigenvalue weighted by molar-refractivity contribution is 0.141. The number of hydrogen-bond acceptors (Lipinski definition) is 7. The largest absolute Gasteiger partial charge is 0.444 e. The van der Waals surface area contributed by atoms with Crippen molar-refractivity contribution in [1.82, 2.24) is 20.2 Å². The molecular formula is C25H36N6O2. The number of nitrogens with zero attached hydrogens (tertiary/aromatic N) is 4. The van der Waals surface area contributed by atoms with Crippen LogP contribution in [0.3, 0.4) is 0 Å². The lowest BCUT2D eigenvalue weighted by Gasteiger charge is -2.36. The molecule has 3 heterocycles. The first kappa shape index (κ1) is 23.4. The fraction of sp³-hybridized carbons (Fsp3) is 0.560. The summed E-state index contributed by atoms with van der Waals surface area (Å²) in [6.45, 7) is 13.6. The van der Waals surface area contributed by atoms with Crippen LogP contribution in [0.15, 0.2) is 30.5 Å². The van der Waals surface area contributed by atoms with Gasteiger partial charge in [-0.1, -0.05) is 38.1 Å². The number of cyclic esters (lactones) is 1. The summed E-state index contributed by atoms with van der Waals surface area (Å²) in [5, 5.41) is 6.85. The van der Waals surface area contributed by atoms with Gasteiger partial charge in [0, 0.05) is 45.0 Å². The zero-order chi connectivity index (χ0) is 23.4. The van der Waals surface area contributed by atoms with Crippen LogP contribution in [0, 0.1) is 5.92 Å². The second-order valence-electron chi connectivity index (χ2n) is 9.31. The monoisotopic (exact) mass is 452 g/mol. The Kier molecular flexibility index (Phi) is 7.45. The number of anilines is 2. The molecule has 2 aromatic rings. The van der Waals surface area contributed by atoms with Gasteiger partial charge < -0.3 is 15.4 Å². The number of aromatic nitrogens is 2. The molecule has 8 nitrogen and oxygen atoms in total. The molecule has 0 aliphatic carbocycles. The maximum atomic E-state index is 12.0. The first-order valence-corrected chi connectivity index (χ1v) is 12.1. The van der Waals surface area contributed by atoms with E-state index in [4.69, 9.17) is 4.74 Å². The summed E-state index contributed by atoms with van der Waals surface area (Å²) in [5.74, 6) is 1.78. The fourth-order valence-electron chi connectivity index (χ4n) is 4.61. The predicted octanol–water partition coefficient (Wildman–Crippen LogP) is 4.12. The van der Waals surface area contributed by atoms with Gasteiger partial charge in [-0.15, -0.1) is 0 Å². The number of benzene rings is 1. The minimum Gasteiger partial charge on any atom is -0.444 e. The number of carbonyl (C=O) groups excluding carboxylic acids is 1. The van der Waals surface area contributed by atoms with Gasteiger partial charge in [-0.25, -0.2) is 9.78 Å². The Hall–Kier alpha value is -2.71. The number of ether oxygens (including phenoxy) is 1. The third kappa shape index (κ3) is 5.45. The molecule has 1 fully saturated rings. The van der Waals surface area contributed by atoms with Gasteiger partial charge in [-0.3, -0.25) is 9.80 Å². The summed E-state index contributed by atoms with van der Waals surface area (Å²) in [7, 11) is 0. The normalized spacial score (nSPS) is 18.6. The molecule has 1 aromatic heterocycles. The van der Waals surface area contributed by atoms with Gasteiger partial charge in [-0.2, -0.15) is 4.98 Å². The minimum absolute atomic E-state index is 0.0328. The molecule has 2 N–H and O–H groups in total. The van der Waals surface area contributed by atoms with Crippen LogP contribution in [0.5, 0.6) is 0 Å². The number of amides is 1. The van der Waals surface area contributed by atoms with Crippen LogP contribution < -0.4 is 15.5 Å². The van der Waals surface area contributed by atoms with Gasteiger partial charge in [0.15, 0.2) is 0 Å². The van der Waals surface area contributed by atoms with Crippen LogP contribution in [0.4, 0.5) is 16.6 Å². The maximum Gasteiger partial charge on any atom is 0.415 e. The highest BCUT2D eigenvalue weighted by molar-refractivity contribution is 5.89. The Bertz CT molecular complexity index is 942. The predicted molar refractivity (Wildman–Crippen MR) is 130 cm³/mol. The van der Waals surface area contributed by atoms with E-state index in [0.717, 1.165) is 38.2 Å². The number of hydrogen-bond donors (Lipinski definition) is 2. The third-order valence-corrected chi connectivity index (χ3v) is 6.44. The van der Waals surface area contributed by atoms with E-state index in [-0.39, 0.29) is 18.7 Å². The molecule has 0 bridgehead atoms. The lowest BCUT2D eigenvalue weighted by Crippen LogP contribution is -2.45. The number of piperazine rings is 1. The molecule has 8 heteroatoms. The van der Waals surface area contributed by atoms with Crippen LogP contribution >= 0.6 is 0 Å². The van der Waals surface area contributed by atoms with Crippen molar-refractivity contribution in [1.29, 1.82) is 0 Å². The summed E-state index contributed by atoms with van der Waals surface area (Å²) in [5.41, 5.74) is 3.38. The summed E-state index contributed by atoms with van der Waals surface area (Å²) in [4.78, 5) is 25.2.